The van der Waals surface area contributed by atoms with Gasteiger partial charge in [0.15, 0.2) is 0 Å². The lowest BCUT2D eigenvalue weighted by Crippen LogP contribution is -2.23. The van der Waals surface area contributed by atoms with Gasteiger partial charge in [-0.2, -0.15) is 0 Å². The van der Waals surface area contributed by atoms with E-state index < -0.39 is 0 Å². The third-order valence-electron chi connectivity index (χ3n) is 2.20. The Morgan fingerprint density at radius 2 is 1.82 bits per heavy atom. The highest BCUT2D eigenvalue weighted by Crippen LogP contribution is 2.28. The maximum absolute atomic E-state index is 6.11. The van der Waals surface area contributed by atoms with Crippen LogP contribution in [0.25, 0.3) is 0 Å². The number of nitrogens with one attached hydrogen (secondary N) is 1. The van der Waals surface area contributed by atoms with Crippen molar-refractivity contribution in [2.45, 2.75) is 33.3 Å². The standard InChI is InChI=1S/C13H19Cl2NO/c1-9-7-11(15)12(8-10(9)14)16-5-6-17-13(2,3)4/h7-8,16H,5-6H2,1-4H3. The van der Waals surface area contributed by atoms with Crippen LogP contribution in [0, 0.1) is 6.92 Å². The van der Waals surface area contributed by atoms with Gasteiger partial charge in [0.25, 0.3) is 0 Å². The Bertz CT molecular complexity index is 386. The van der Waals surface area contributed by atoms with Gasteiger partial charge >= 0.3 is 0 Å². The molecule has 0 amide bonds. The Balaban J connectivity index is 2.50. The van der Waals surface area contributed by atoms with Crippen LogP contribution in [0.1, 0.15) is 26.3 Å². The fraction of sp³-hybridized carbons (Fsp3) is 0.538. The van der Waals surface area contributed by atoms with Crippen LogP contribution >= 0.6 is 23.2 Å². The van der Waals surface area contributed by atoms with E-state index in [0.29, 0.717) is 23.2 Å². The lowest BCUT2D eigenvalue weighted by Gasteiger charge is -2.20. The van der Waals surface area contributed by atoms with Crippen molar-refractivity contribution in [1.29, 1.82) is 0 Å². The minimum absolute atomic E-state index is 0.115. The van der Waals surface area contributed by atoms with Crippen molar-refractivity contribution in [3.63, 3.8) is 0 Å². The summed E-state index contributed by atoms with van der Waals surface area (Å²) < 4.78 is 5.61. The van der Waals surface area contributed by atoms with Gasteiger partial charge in [-0.25, -0.2) is 0 Å². The van der Waals surface area contributed by atoms with E-state index in [1.807, 2.05) is 39.8 Å². The highest BCUT2D eigenvalue weighted by atomic mass is 35.5. The number of aryl methyl sites for hydroxylation is 1. The molecule has 0 aliphatic carbocycles. The summed E-state index contributed by atoms with van der Waals surface area (Å²) in [5, 5.41) is 4.61. The van der Waals surface area contributed by atoms with Crippen molar-refractivity contribution in [3.05, 3.63) is 27.7 Å². The second-order valence-electron chi connectivity index (χ2n) is 4.97. The molecule has 0 aromatic heterocycles. The van der Waals surface area contributed by atoms with Crippen molar-refractivity contribution in [1.82, 2.24) is 0 Å². The smallest absolute Gasteiger partial charge is 0.0646 e. The molecule has 0 fully saturated rings. The lowest BCUT2D eigenvalue weighted by molar-refractivity contribution is 0.00333. The third-order valence-corrected chi connectivity index (χ3v) is 2.92. The number of rotatable bonds is 4. The van der Waals surface area contributed by atoms with E-state index in [1.165, 1.54) is 0 Å². The normalized spacial score (nSPS) is 11.6. The second-order valence-corrected chi connectivity index (χ2v) is 5.78. The van der Waals surface area contributed by atoms with Crippen molar-refractivity contribution < 1.29 is 4.74 Å². The summed E-state index contributed by atoms with van der Waals surface area (Å²) in [4.78, 5) is 0. The molecule has 1 aromatic carbocycles. The first kappa shape index (κ1) is 14.6. The molecular formula is C13H19Cl2NO. The van der Waals surface area contributed by atoms with E-state index in [4.69, 9.17) is 27.9 Å². The predicted octanol–water partition coefficient (Wildman–Crippen LogP) is 4.53. The van der Waals surface area contributed by atoms with Gasteiger partial charge in [0, 0.05) is 11.6 Å². The summed E-state index contributed by atoms with van der Waals surface area (Å²) >= 11 is 12.1. The first-order chi connectivity index (χ1) is 7.79. The van der Waals surface area contributed by atoms with Crippen LogP contribution in [0.4, 0.5) is 5.69 Å². The van der Waals surface area contributed by atoms with Crippen LogP contribution in [-0.2, 0) is 4.74 Å². The topological polar surface area (TPSA) is 21.3 Å². The molecule has 0 atom stereocenters. The van der Waals surface area contributed by atoms with E-state index in [-0.39, 0.29) is 5.60 Å². The maximum atomic E-state index is 6.11. The fourth-order valence-corrected chi connectivity index (χ4v) is 1.77. The molecule has 0 aliphatic rings. The summed E-state index contributed by atoms with van der Waals surface area (Å²) in [5.41, 5.74) is 1.71. The summed E-state index contributed by atoms with van der Waals surface area (Å²) in [6.07, 6.45) is 0. The molecule has 0 saturated carbocycles. The van der Waals surface area contributed by atoms with Crippen LogP contribution in [0.2, 0.25) is 10.0 Å². The van der Waals surface area contributed by atoms with Crippen LogP contribution in [0.15, 0.2) is 12.1 Å². The fourth-order valence-electron chi connectivity index (χ4n) is 1.32. The Morgan fingerprint density at radius 3 is 2.41 bits per heavy atom. The van der Waals surface area contributed by atoms with Gasteiger partial charge in [-0.15, -0.1) is 0 Å². The first-order valence-electron chi connectivity index (χ1n) is 5.63. The van der Waals surface area contributed by atoms with Gasteiger partial charge in [0.1, 0.15) is 0 Å². The highest BCUT2D eigenvalue weighted by molar-refractivity contribution is 6.35. The van der Waals surface area contributed by atoms with Crippen molar-refractivity contribution >= 4 is 28.9 Å². The van der Waals surface area contributed by atoms with Gasteiger partial charge in [0.2, 0.25) is 0 Å². The van der Waals surface area contributed by atoms with E-state index in [9.17, 15) is 0 Å². The zero-order valence-corrected chi connectivity index (χ0v) is 12.2. The Kier molecular flexibility index (Phi) is 5.11. The zero-order valence-electron chi connectivity index (χ0n) is 10.7. The molecule has 0 spiro atoms. The highest BCUT2D eigenvalue weighted by Gasteiger charge is 2.09. The van der Waals surface area contributed by atoms with Gasteiger partial charge in [0.05, 0.1) is 22.9 Å². The molecule has 0 saturated heterocycles. The number of anilines is 1. The number of hydrogen-bond acceptors (Lipinski definition) is 2. The molecule has 1 rings (SSSR count). The average Bonchev–Trinajstić information content (AvgIpc) is 2.18. The van der Waals surface area contributed by atoms with E-state index in [1.54, 1.807) is 0 Å². The molecule has 1 aromatic rings. The van der Waals surface area contributed by atoms with Crippen LogP contribution in [0.3, 0.4) is 0 Å². The molecule has 4 heteroatoms. The summed E-state index contributed by atoms with van der Waals surface area (Å²) in [5.74, 6) is 0. The Morgan fingerprint density at radius 1 is 1.18 bits per heavy atom. The average molecular weight is 276 g/mol. The van der Waals surface area contributed by atoms with Crippen LogP contribution < -0.4 is 5.32 Å². The summed E-state index contributed by atoms with van der Waals surface area (Å²) in [7, 11) is 0. The Hall–Kier alpha value is -0.440. The number of benzene rings is 1. The lowest BCUT2D eigenvalue weighted by atomic mass is 10.2. The van der Waals surface area contributed by atoms with Crippen molar-refractivity contribution in [2.75, 3.05) is 18.5 Å². The van der Waals surface area contributed by atoms with Gasteiger partial charge < -0.3 is 10.1 Å². The number of halogens is 2. The largest absolute Gasteiger partial charge is 0.381 e. The van der Waals surface area contributed by atoms with Crippen LogP contribution in [-0.4, -0.2) is 18.8 Å². The molecule has 0 bridgehead atoms. The molecule has 0 aliphatic heterocycles. The third kappa shape index (κ3) is 5.15. The number of hydrogen-bond donors (Lipinski definition) is 1. The first-order valence-corrected chi connectivity index (χ1v) is 6.38. The minimum Gasteiger partial charge on any atom is -0.381 e. The monoisotopic (exact) mass is 275 g/mol. The molecular weight excluding hydrogens is 257 g/mol. The van der Waals surface area contributed by atoms with E-state index >= 15 is 0 Å². The molecule has 17 heavy (non-hydrogen) atoms. The van der Waals surface area contributed by atoms with E-state index in [2.05, 4.69) is 5.32 Å². The predicted molar refractivity (Wildman–Crippen MR) is 75.4 cm³/mol. The minimum atomic E-state index is -0.115. The Labute approximate surface area is 113 Å². The zero-order chi connectivity index (χ0) is 13.1. The second kappa shape index (κ2) is 5.94. The van der Waals surface area contributed by atoms with Crippen molar-refractivity contribution in [3.8, 4) is 0 Å². The quantitative estimate of drug-likeness (QED) is 0.816. The van der Waals surface area contributed by atoms with Crippen molar-refractivity contribution in [2.24, 2.45) is 0 Å². The molecule has 96 valence electrons. The molecule has 0 heterocycles. The molecule has 0 radical (unpaired) electrons. The summed E-state index contributed by atoms with van der Waals surface area (Å²) in [6.45, 7) is 9.36. The SMILES string of the molecule is Cc1cc(Cl)c(NCCOC(C)(C)C)cc1Cl. The molecule has 0 unspecified atom stereocenters. The van der Waals surface area contributed by atoms with Gasteiger partial charge in [-0.05, 0) is 45.4 Å². The summed E-state index contributed by atoms with van der Waals surface area (Å²) in [6, 6.07) is 3.70. The number of ether oxygens (including phenoxy) is 1. The van der Waals surface area contributed by atoms with Crippen LogP contribution in [0.5, 0.6) is 0 Å². The molecule has 1 N–H and O–H groups in total. The molecule has 2 nitrogen and oxygen atoms in total. The van der Waals surface area contributed by atoms with Gasteiger partial charge in [-0.1, -0.05) is 23.2 Å². The maximum Gasteiger partial charge on any atom is 0.0646 e. The van der Waals surface area contributed by atoms with E-state index in [0.717, 1.165) is 11.3 Å². The van der Waals surface area contributed by atoms with Gasteiger partial charge in [-0.3, -0.25) is 0 Å².